The third kappa shape index (κ3) is 2.87. The van der Waals surface area contributed by atoms with Gasteiger partial charge >= 0.3 is 0 Å². The van der Waals surface area contributed by atoms with Gasteiger partial charge in [0.05, 0.1) is 17.1 Å². The number of para-hydroxylation sites is 2. The first-order valence-corrected chi connectivity index (χ1v) is 6.68. The summed E-state index contributed by atoms with van der Waals surface area (Å²) in [6, 6.07) is 11.9. The van der Waals surface area contributed by atoms with Gasteiger partial charge in [-0.2, -0.15) is 5.26 Å². The van der Waals surface area contributed by atoms with Gasteiger partial charge in [0.2, 0.25) is 5.91 Å². The number of amides is 1. The van der Waals surface area contributed by atoms with Crippen LogP contribution in [0.5, 0.6) is 0 Å². The van der Waals surface area contributed by atoms with Crippen LogP contribution in [-0.2, 0) is 4.79 Å². The SMILES string of the molecule is N#C[C@@H](C(=O)Nc1ccc(F)c(F)c1)c1nc2ccccc2[nH]1. The van der Waals surface area contributed by atoms with Gasteiger partial charge in [0.15, 0.2) is 17.6 Å². The monoisotopic (exact) mass is 312 g/mol. The van der Waals surface area contributed by atoms with Crippen LogP contribution >= 0.6 is 0 Å². The topological polar surface area (TPSA) is 81.6 Å². The van der Waals surface area contributed by atoms with Crippen molar-refractivity contribution in [2.75, 3.05) is 5.32 Å². The smallest absolute Gasteiger partial charge is 0.249 e. The van der Waals surface area contributed by atoms with Crippen LogP contribution in [0.3, 0.4) is 0 Å². The summed E-state index contributed by atoms with van der Waals surface area (Å²) in [6.45, 7) is 0. The van der Waals surface area contributed by atoms with E-state index in [0.29, 0.717) is 11.0 Å². The van der Waals surface area contributed by atoms with Crippen LogP contribution in [0, 0.1) is 23.0 Å². The van der Waals surface area contributed by atoms with E-state index in [1.165, 1.54) is 6.07 Å². The van der Waals surface area contributed by atoms with Crippen LogP contribution in [0.4, 0.5) is 14.5 Å². The van der Waals surface area contributed by atoms with E-state index in [9.17, 15) is 18.8 Å². The Morgan fingerprint density at radius 2 is 2.00 bits per heavy atom. The first kappa shape index (κ1) is 14.7. The summed E-state index contributed by atoms with van der Waals surface area (Å²) in [5, 5.41) is 11.6. The second-order valence-electron chi connectivity index (χ2n) is 4.82. The molecule has 1 atom stereocenters. The minimum atomic E-state index is -1.20. The number of nitrogens with one attached hydrogen (secondary N) is 2. The van der Waals surface area contributed by atoms with Crippen molar-refractivity contribution in [3.05, 3.63) is 59.9 Å². The number of carbonyl (C=O) groups excluding carboxylic acids is 1. The van der Waals surface area contributed by atoms with Gasteiger partial charge in [-0.05, 0) is 24.3 Å². The number of fused-ring (bicyclic) bond motifs is 1. The van der Waals surface area contributed by atoms with E-state index in [-0.39, 0.29) is 11.5 Å². The maximum atomic E-state index is 13.2. The molecule has 5 nitrogen and oxygen atoms in total. The molecular formula is C16H10F2N4O. The van der Waals surface area contributed by atoms with Crippen LogP contribution in [0.1, 0.15) is 11.7 Å². The standard InChI is InChI=1S/C16H10F2N4O/c17-11-6-5-9(7-12(11)18)20-16(23)10(8-19)15-21-13-3-1-2-4-14(13)22-15/h1-7,10H,(H,20,23)(H,21,22)/t10-/m1/s1. The van der Waals surface area contributed by atoms with Crippen molar-refractivity contribution in [1.29, 1.82) is 5.26 Å². The summed E-state index contributed by atoms with van der Waals surface area (Å²) < 4.78 is 26.1. The fourth-order valence-electron chi connectivity index (χ4n) is 2.14. The van der Waals surface area contributed by atoms with E-state index in [4.69, 9.17) is 0 Å². The molecule has 1 aromatic heterocycles. The predicted molar refractivity (Wildman–Crippen MR) is 79.4 cm³/mol. The number of H-pyrrole nitrogens is 1. The second kappa shape index (κ2) is 5.85. The predicted octanol–water partition coefficient (Wildman–Crippen LogP) is 3.09. The second-order valence-corrected chi connectivity index (χ2v) is 4.82. The number of carbonyl (C=O) groups is 1. The molecule has 3 rings (SSSR count). The first-order chi connectivity index (χ1) is 11.1. The molecular weight excluding hydrogens is 302 g/mol. The van der Waals surface area contributed by atoms with Gasteiger partial charge in [-0.1, -0.05) is 12.1 Å². The normalized spacial score (nSPS) is 11.9. The molecule has 0 spiro atoms. The number of benzene rings is 2. The molecule has 0 radical (unpaired) electrons. The van der Waals surface area contributed by atoms with Gasteiger partial charge in [-0.25, -0.2) is 13.8 Å². The van der Waals surface area contributed by atoms with E-state index in [1.54, 1.807) is 24.3 Å². The summed E-state index contributed by atoms with van der Waals surface area (Å²) in [6.07, 6.45) is 0. The number of halogens is 2. The van der Waals surface area contributed by atoms with Crippen LogP contribution < -0.4 is 5.32 Å². The molecule has 0 fully saturated rings. The number of imidazole rings is 1. The largest absolute Gasteiger partial charge is 0.340 e. The molecule has 0 aliphatic rings. The number of aromatic nitrogens is 2. The third-order valence-corrected chi connectivity index (χ3v) is 3.26. The van der Waals surface area contributed by atoms with Gasteiger partial charge in [0.1, 0.15) is 5.82 Å². The zero-order chi connectivity index (χ0) is 16.4. The molecule has 3 aromatic rings. The van der Waals surface area contributed by atoms with Gasteiger partial charge in [-0.15, -0.1) is 0 Å². The van der Waals surface area contributed by atoms with Crippen molar-refractivity contribution >= 4 is 22.6 Å². The van der Waals surface area contributed by atoms with Gasteiger partial charge in [0, 0.05) is 11.8 Å². The van der Waals surface area contributed by atoms with Crippen molar-refractivity contribution < 1.29 is 13.6 Å². The number of hydrogen-bond acceptors (Lipinski definition) is 3. The molecule has 2 N–H and O–H groups in total. The molecule has 0 unspecified atom stereocenters. The lowest BCUT2D eigenvalue weighted by atomic mass is 10.1. The maximum Gasteiger partial charge on any atom is 0.249 e. The Kier molecular flexibility index (Phi) is 3.73. The molecule has 114 valence electrons. The van der Waals surface area contributed by atoms with Gasteiger partial charge in [0.25, 0.3) is 0 Å². The Labute approximate surface area is 129 Å². The fraction of sp³-hybridized carbons (Fsp3) is 0.0625. The average molecular weight is 312 g/mol. The summed E-state index contributed by atoms with van der Waals surface area (Å²) in [5.74, 6) is -3.79. The molecule has 1 amide bonds. The Morgan fingerprint density at radius 3 is 2.70 bits per heavy atom. The van der Waals surface area contributed by atoms with Crippen LogP contribution in [-0.4, -0.2) is 15.9 Å². The molecule has 0 aliphatic carbocycles. The lowest BCUT2D eigenvalue weighted by Crippen LogP contribution is -2.21. The lowest BCUT2D eigenvalue weighted by molar-refractivity contribution is -0.116. The number of rotatable bonds is 3. The van der Waals surface area contributed by atoms with Gasteiger partial charge in [-0.3, -0.25) is 4.79 Å². The molecule has 7 heteroatoms. The van der Waals surface area contributed by atoms with Crippen molar-refractivity contribution in [3.8, 4) is 6.07 Å². The Bertz CT molecular complexity index is 896. The summed E-state index contributed by atoms with van der Waals surface area (Å²) in [7, 11) is 0. The minimum absolute atomic E-state index is 0.0604. The minimum Gasteiger partial charge on any atom is -0.340 e. The highest BCUT2D eigenvalue weighted by atomic mass is 19.2. The number of anilines is 1. The van der Waals surface area contributed by atoms with Crippen LogP contribution in [0.2, 0.25) is 0 Å². The van der Waals surface area contributed by atoms with Crippen LogP contribution in [0.15, 0.2) is 42.5 Å². The highest BCUT2D eigenvalue weighted by Gasteiger charge is 2.24. The summed E-state index contributed by atoms with van der Waals surface area (Å²) in [5.41, 5.74) is 1.39. The van der Waals surface area contributed by atoms with Crippen molar-refractivity contribution in [2.45, 2.75) is 5.92 Å². The Hall–Kier alpha value is -3.27. The lowest BCUT2D eigenvalue weighted by Gasteiger charge is -2.08. The van der Waals surface area contributed by atoms with Crippen LogP contribution in [0.25, 0.3) is 11.0 Å². The molecule has 0 aliphatic heterocycles. The first-order valence-electron chi connectivity index (χ1n) is 6.68. The molecule has 0 saturated heterocycles. The molecule has 0 bridgehead atoms. The Balaban J connectivity index is 1.86. The maximum absolute atomic E-state index is 13.2. The number of aromatic amines is 1. The molecule has 2 aromatic carbocycles. The number of nitrogens with zero attached hydrogens (tertiary/aromatic N) is 2. The van der Waals surface area contributed by atoms with E-state index < -0.39 is 23.5 Å². The van der Waals surface area contributed by atoms with E-state index in [2.05, 4.69) is 15.3 Å². The zero-order valence-corrected chi connectivity index (χ0v) is 11.7. The number of nitriles is 1. The van der Waals surface area contributed by atoms with Gasteiger partial charge < -0.3 is 10.3 Å². The van der Waals surface area contributed by atoms with E-state index in [1.807, 2.05) is 6.07 Å². The Morgan fingerprint density at radius 1 is 1.22 bits per heavy atom. The van der Waals surface area contributed by atoms with Crippen molar-refractivity contribution in [3.63, 3.8) is 0 Å². The molecule has 1 heterocycles. The van der Waals surface area contributed by atoms with E-state index >= 15 is 0 Å². The highest BCUT2D eigenvalue weighted by Crippen LogP contribution is 2.20. The fourth-order valence-corrected chi connectivity index (χ4v) is 2.14. The highest BCUT2D eigenvalue weighted by molar-refractivity contribution is 5.97. The number of hydrogen-bond donors (Lipinski definition) is 2. The summed E-state index contributed by atoms with van der Waals surface area (Å²) >= 11 is 0. The third-order valence-electron chi connectivity index (χ3n) is 3.26. The van der Waals surface area contributed by atoms with Crippen molar-refractivity contribution in [2.24, 2.45) is 0 Å². The average Bonchev–Trinajstić information content (AvgIpc) is 2.95. The molecule has 0 saturated carbocycles. The molecule has 23 heavy (non-hydrogen) atoms. The zero-order valence-electron chi connectivity index (χ0n) is 11.7. The van der Waals surface area contributed by atoms with Crippen molar-refractivity contribution in [1.82, 2.24) is 9.97 Å². The quantitative estimate of drug-likeness (QED) is 0.779. The summed E-state index contributed by atoms with van der Waals surface area (Å²) in [4.78, 5) is 19.3. The van der Waals surface area contributed by atoms with E-state index in [0.717, 1.165) is 12.1 Å².